The van der Waals surface area contributed by atoms with Crippen LogP contribution >= 0.6 is 0 Å². The number of benzene rings is 1. The molecule has 2 rings (SSSR count). The number of carbonyl (C=O) groups excluding carboxylic acids is 2. The Bertz CT molecular complexity index is 978. The van der Waals surface area contributed by atoms with Crippen LogP contribution in [0.5, 0.6) is 11.5 Å². The monoisotopic (exact) mass is 503 g/mol. The molecule has 0 aliphatic carbocycles. The number of hydrogen-bond donors (Lipinski definition) is 2. The fraction of sp³-hybridized carbons (Fsp3) is 0.464. The summed E-state index contributed by atoms with van der Waals surface area (Å²) in [6.45, 7) is 11.1. The average molecular weight is 504 g/mol. The standard InChI is InChI=1S/C15H21NO4.C11H16O.C2H4O2/c1-4-11(17)14-12(18)9-13(20-15(14)19)10(2)7-5-6-8-16-3;1-9(2)8-12-11-6-4-10(3)5-7-11;1-4-2-3/h6,8-10,16,18H,4-5,7H2,1-3H3;4-7,9H,8H2,1-3H3;2H,1H3/b8-6+;;. The van der Waals surface area contributed by atoms with Crippen LogP contribution in [-0.4, -0.2) is 38.1 Å². The van der Waals surface area contributed by atoms with E-state index in [-0.39, 0.29) is 23.7 Å². The first-order valence-electron chi connectivity index (χ1n) is 12.0. The van der Waals surface area contributed by atoms with E-state index in [0.717, 1.165) is 25.2 Å². The third kappa shape index (κ3) is 13.4. The second kappa shape index (κ2) is 18.7. The van der Waals surface area contributed by atoms with Gasteiger partial charge in [-0.1, -0.05) is 51.5 Å². The van der Waals surface area contributed by atoms with Gasteiger partial charge < -0.3 is 24.3 Å². The van der Waals surface area contributed by atoms with E-state index in [1.807, 2.05) is 38.4 Å². The molecule has 2 aromatic rings. The molecule has 1 heterocycles. The van der Waals surface area contributed by atoms with Crippen molar-refractivity contribution in [1.29, 1.82) is 0 Å². The van der Waals surface area contributed by atoms with Gasteiger partial charge in [-0.15, -0.1) is 0 Å². The third-order valence-corrected chi connectivity index (χ3v) is 4.79. The van der Waals surface area contributed by atoms with E-state index in [1.165, 1.54) is 18.7 Å². The van der Waals surface area contributed by atoms with Gasteiger partial charge in [0.1, 0.15) is 22.8 Å². The molecule has 8 nitrogen and oxygen atoms in total. The molecule has 0 radical (unpaired) electrons. The zero-order valence-electron chi connectivity index (χ0n) is 22.5. The number of ketones is 1. The van der Waals surface area contributed by atoms with Gasteiger partial charge in [-0.05, 0) is 44.0 Å². The fourth-order valence-electron chi connectivity index (χ4n) is 2.76. The Morgan fingerprint density at radius 1 is 1.19 bits per heavy atom. The molecule has 36 heavy (non-hydrogen) atoms. The molecule has 8 heteroatoms. The summed E-state index contributed by atoms with van der Waals surface area (Å²) in [5.74, 6) is 1.24. The lowest BCUT2D eigenvalue weighted by Crippen LogP contribution is -2.15. The lowest BCUT2D eigenvalue weighted by Gasteiger charge is -2.10. The lowest BCUT2D eigenvalue weighted by molar-refractivity contribution is -0.126. The SMILES string of the molecule is CCC(=O)c1c(O)cc(C(C)CC/C=C/NC)oc1=O.COC=O.Cc1ccc(OCC(C)C)cc1. The third-order valence-electron chi connectivity index (χ3n) is 4.79. The summed E-state index contributed by atoms with van der Waals surface area (Å²) in [6.07, 6.45) is 5.57. The van der Waals surface area contributed by atoms with E-state index in [9.17, 15) is 14.7 Å². The van der Waals surface area contributed by atoms with Crippen LogP contribution < -0.4 is 15.7 Å². The molecule has 0 bridgehead atoms. The fourth-order valence-corrected chi connectivity index (χ4v) is 2.76. The Balaban J connectivity index is 0.000000645. The van der Waals surface area contributed by atoms with Crippen LogP contribution in [-0.2, 0) is 9.53 Å². The zero-order chi connectivity index (χ0) is 27.5. The van der Waals surface area contributed by atoms with Crippen LogP contribution in [0, 0.1) is 12.8 Å². The number of carbonyl (C=O) groups is 2. The van der Waals surface area contributed by atoms with Crippen molar-refractivity contribution in [3.8, 4) is 11.5 Å². The molecule has 2 N–H and O–H groups in total. The Morgan fingerprint density at radius 3 is 2.28 bits per heavy atom. The van der Waals surface area contributed by atoms with Gasteiger partial charge in [-0.3, -0.25) is 9.59 Å². The Hall–Kier alpha value is -3.55. The summed E-state index contributed by atoms with van der Waals surface area (Å²) in [7, 11) is 3.13. The highest BCUT2D eigenvalue weighted by molar-refractivity contribution is 5.97. The van der Waals surface area contributed by atoms with E-state index in [0.29, 0.717) is 18.2 Å². The van der Waals surface area contributed by atoms with Gasteiger partial charge in [0.2, 0.25) is 0 Å². The van der Waals surface area contributed by atoms with Gasteiger partial charge in [0.25, 0.3) is 6.47 Å². The molecule has 0 spiro atoms. The Kier molecular flexibility index (Phi) is 16.9. The number of aryl methyl sites for hydroxylation is 1. The molecule has 1 atom stereocenters. The number of allylic oxidation sites excluding steroid dienone is 1. The van der Waals surface area contributed by atoms with Crippen LogP contribution in [0.25, 0.3) is 0 Å². The van der Waals surface area contributed by atoms with Crippen LogP contribution in [0.4, 0.5) is 0 Å². The molecule has 0 saturated heterocycles. The van der Waals surface area contributed by atoms with E-state index in [4.69, 9.17) is 13.9 Å². The topological polar surface area (TPSA) is 115 Å². The number of Topliss-reactive ketones (excluding diaryl/α,β-unsaturated/α-hetero) is 1. The van der Waals surface area contributed by atoms with Crippen molar-refractivity contribution in [3.05, 3.63) is 69.9 Å². The number of rotatable bonds is 11. The molecule has 1 aromatic heterocycles. The highest BCUT2D eigenvalue weighted by Crippen LogP contribution is 2.25. The van der Waals surface area contributed by atoms with E-state index in [2.05, 4.69) is 43.0 Å². The van der Waals surface area contributed by atoms with Gasteiger partial charge in [0.15, 0.2) is 5.78 Å². The second-order valence-electron chi connectivity index (χ2n) is 8.49. The van der Waals surface area contributed by atoms with E-state index < -0.39 is 11.4 Å². The maximum atomic E-state index is 11.8. The van der Waals surface area contributed by atoms with Gasteiger partial charge >= 0.3 is 5.63 Å². The summed E-state index contributed by atoms with van der Waals surface area (Å²) < 4.78 is 14.5. The number of nitrogens with one attached hydrogen (secondary N) is 1. The van der Waals surface area contributed by atoms with Crippen LogP contribution in [0.3, 0.4) is 0 Å². The van der Waals surface area contributed by atoms with Crippen molar-refractivity contribution in [1.82, 2.24) is 5.32 Å². The molecule has 0 fully saturated rings. The maximum absolute atomic E-state index is 11.8. The van der Waals surface area contributed by atoms with Gasteiger partial charge in [-0.25, -0.2) is 4.79 Å². The number of aromatic hydroxyl groups is 1. The first-order chi connectivity index (χ1) is 17.1. The highest BCUT2D eigenvalue weighted by atomic mass is 16.5. The van der Waals surface area contributed by atoms with Crippen LogP contribution in [0.2, 0.25) is 0 Å². The summed E-state index contributed by atoms with van der Waals surface area (Å²) in [4.78, 5) is 32.3. The van der Waals surface area contributed by atoms with Crippen molar-refractivity contribution in [2.24, 2.45) is 5.92 Å². The van der Waals surface area contributed by atoms with Crippen LogP contribution in [0.1, 0.15) is 74.6 Å². The number of hydrogen-bond acceptors (Lipinski definition) is 8. The first-order valence-corrected chi connectivity index (χ1v) is 12.0. The second-order valence-corrected chi connectivity index (χ2v) is 8.49. The number of methoxy groups -OCH3 is 1. The van der Waals surface area contributed by atoms with E-state index >= 15 is 0 Å². The minimum Gasteiger partial charge on any atom is -0.507 e. The highest BCUT2D eigenvalue weighted by Gasteiger charge is 2.19. The van der Waals surface area contributed by atoms with Crippen molar-refractivity contribution < 1.29 is 28.6 Å². The molecule has 1 unspecified atom stereocenters. The normalized spacial score (nSPS) is 11.0. The quantitative estimate of drug-likeness (QED) is 0.310. The average Bonchev–Trinajstić information content (AvgIpc) is 2.86. The van der Waals surface area contributed by atoms with Crippen molar-refractivity contribution >= 4 is 12.3 Å². The molecular formula is C28H41NO7. The zero-order valence-corrected chi connectivity index (χ0v) is 22.5. The largest absolute Gasteiger partial charge is 0.507 e. The van der Waals surface area contributed by atoms with Crippen molar-refractivity contribution in [2.45, 2.75) is 59.8 Å². The lowest BCUT2D eigenvalue weighted by atomic mass is 10.0. The minimum atomic E-state index is -0.760. The predicted octanol–water partition coefficient (Wildman–Crippen LogP) is 5.37. The maximum Gasteiger partial charge on any atom is 0.350 e. The molecule has 0 saturated carbocycles. The van der Waals surface area contributed by atoms with Gasteiger partial charge in [0.05, 0.1) is 13.7 Å². The number of ether oxygens (including phenoxy) is 2. The van der Waals surface area contributed by atoms with Crippen molar-refractivity contribution in [3.63, 3.8) is 0 Å². The van der Waals surface area contributed by atoms with Crippen LogP contribution in [0.15, 0.2) is 51.8 Å². The predicted molar refractivity (Wildman–Crippen MR) is 142 cm³/mol. The first kappa shape index (κ1) is 32.5. The van der Waals surface area contributed by atoms with E-state index in [1.54, 1.807) is 6.92 Å². The Labute approximate surface area is 214 Å². The summed E-state index contributed by atoms with van der Waals surface area (Å²) in [5, 5.41) is 12.7. The molecule has 200 valence electrons. The summed E-state index contributed by atoms with van der Waals surface area (Å²) in [6, 6.07) is 9.53. The summed E-state index contributed by atoms with van der Waals surface area (Å²) >= 11 is 0. The molecular weight excluding hydrogens is 462 g/mol. The molecule has 0 aliphatic heterocycles. The van der Waals surface area contributed by atoms with Gasteiger partial charge in [-0.2, -0.15) is 0 Å². The van der Waals surface area contributed by atoms with Gasteiger partial charge in [0, 0.05) is 25.5 Å². The molecule has 1 aromatic carbocycles. The molecule has 0 aliphatic rings. The summed E-state index contributed by atoms with van der Waals surface area (Å²) in [5.41, 5.74) is 0.259. The molecule has 0 amide bonds. The Morgan fingerprint density at radius 2 is 1.81 bits per heavy atom. The smallest absolute Gasteiger partial charge is 0.350 e. The minimum absolute atomic E-state index is 0.0131. The van der Waals surface area contributed by atoms with Crippen molar-refractivity contribution in [2.75, 3.05) is 20.8 Å².